The van der Waals surface area contributed by atoms with Crippen LogP contribution in [0.15, 0.2) is 24.3 Å². The van der Waals surface area contributed by atoms with Gasteiger partial charge in [-0.15, -0.1) is 0 Å². The van der Waals surface area contributed by atoms with Crippen LogP contribution in [0.4, 0.5) is 10.5 Å². The van der Waals surface area contributed by atoms with Gasteiger partial charge in [-0.25, -0.2) is 4.79 Å². The molecule has 1 N–H and O–H groups in total. The molecule has 0 bridgehead atoms. The first kappa shape index (κ1) is 20.0. The number of halogens is 1. The molecule has 0 unspecified atom stereocenters. The second-order valence-electron chi connectivity index (χ2n) is 7.32. The van der Waals surface area contributed by atoms with Crippen molar-refractivity contribution in [3.63, 3.8) is 0 Å². The predicted molar refractivity (Wildman–Crippen MR) is 107 cm³/mol. The number of rotatable bonds is 3. The molecular formula is C18H26IN3O3. The average molecular weight is 459 g/mol. The number of hydrogen-bond acceptors (Lipinski definition) is 4. The molecule has 7 heteroatoms. The molecule has 1 aromatic carbocycles. The number of hydrogen-bond donors (Lipinski definition) is 1. The largest absolute Gasteiger partial charge is 0.444 e. The molecule has 1 heterocycles. The molecule has 0 radical (unpaired) electrons. The van der Waals surface area contributed by atoms with Crippen LogP contribution in [0, 0.1) is 3.57 Å². The van der Waals surface area contributed by atoms with Crippen LogP contribution in [0.2, 0.25) is 0 Å². The highest BCUT2D eigenvalue weighted by atomic mass is 127. The van der Waals surface area contributed by atoms with Gasteiger partial charge in [-0.3, -0.25) is 9.69 Å². The Morgan fingerprint density at radius 2 is 2.04 bits per heavy atom. The Morgan fingerprint density at radius 3 is 2.64 bits per heavy atom. The Bertz CT molecular complexity index is 630. The quantitative estimate of drug-likeness (QED) is 0.706. The molecule has 0 aliphatic carbocycles. The minimum atomic E-state index is -0.499. The van der Waals surface area contributed by atoms with Crippen molar-refractivity contribution >= 4 is 40.3 Å². The maximum absolute atomic E-state index is 12.2. The van der Waals surface area contributed by atoms with Gasteiger partial charge < -0.3 is 15.0 Å². The Morgan fingerprint density at radius 1 is 1.32 bits per heavy atom. The first-order valence-electron chi connectivity index (χ1n) is 8.41. The van der Waals surface area contributed by atoms with Crippen molar-refractivity contribution in [2.45, 2.75) is 39.3 Å². The first-order valence-corrected chi connectivity index (χ1v) is 9.49. The van der Waals surface area contributed by atoms with Crippen molar-refractivity contribution < 1.29 is 14.3 Å². The van der Waals surface area contributed by atoms with Gasteiger partial charge in [-0.05, 0) is 68.5 Å². The van der Waals surface area contributed by atoms with E-state index in [-0.39, 0.29) is 18.0 Å². The number of nitrogens with zero attached hydrogens (tertiary/aromatic N) is 2. The zero-order chi connectivity index (χ0) is 18.6. The third kappa shape index (κ3) is 6.47. The third-order valence-electron chi connectivity index (χ3n) is 3.82. The zero-order valence-corrected chi connectivity index (χ0v) is 17.4. The van der Waals surface area contributed by atoms with E-state index < -0.39 is 5.60 Å². The molecule has 1 aromatic rings. The number of nitrogens with one attached hydrogen (secondary N) is 1. The summed E-state index contributed by atoms with van der Waals surface area (Å²) >= 11 is 2.22. The van der Waals surface area contributed by atoms with Gasteiger partial charge in [0.25, 0.3) is 0 Å². The highest BCUT2D eigenvalue weighted by Gasteiger charge is 2.31. The lowest BCUT2D eigenvalue weighted by Crippen LogP contribution is -2.56. The van der Waals surface area contributed by atoms with Gasteiger partial charge in [0.1, 0.15) is 5.60 Å². The van der Waals surface area contributed by atoms with E-state index in [4.69, 9.17) is 4.74 Å². The van der Waals surface area contributed by atoms with Crippen LogP contribution in [-0.2, 0) is 9.53 Å². The minimum absolute atomic E-state index is 0.00840. The fourth-order valence-corrected chi connectivity index (χ4v) is 3.28. The molecule has 0 aromatic heterocycles. The lowest BCUT2D eigenvalue weighted by Gasteiger charge is -2.39. The summed E-state index contributed by atoms with van der Waals surface area (Å²) in [5.41, 5.74) is 0.304. The molecule has 0 spiro atoms. The number of ether oxygens (including phenoxy) is 1. The number of amides is 2. The molecule has 6 nitrogen and oxygen atoms in total. The van der Waals surface area contributed by atoms with Crippen molar-refractivity contribution in [2.75, 3.05) is 31.5 Å². The number of piperazine rings is 1. The molecule has 0 saturated carbocycles. The second-order valence-corrected chi connectivity index (χ2v) is 8.56. The van der Waals surface area contributed by atoms with Gasteiger partial charge in [0.05, 0.1) is 6.54 Å². The maximum Gasteiger partial charge on any atom is 0.410 e. The van der Waals surface area contributed by atoms with Crippen LogP contribution in [0.5, 0.6) is 0 Å². The number of benzene rings is 1. The van der Waals surface area contributed by atoms with E-state index in [1.54, 1.807) is 4.90 Å². The SMILES string of the molecule is C[C@@H]1CN(CC(=O)Nc2cccc(I)c2)CCN1C(=O)OC(C)(C)C. The van der Waals surface area contributed by atoms with Gasteiger partial charge in [0, 0.05) is 34.9 Å². The zero-order valence-electron chi connectivity index (χ0n) is 15.2. The van der Waals surface area contributed by atoms with Gasteiger partial charge in [-0.1, -0.05) is 6.07 Å². The Kier molecular flexibility index (Phi) is 6.67. The topological polar surface area (TPSA) is 61.9 Å². The van der Waals surface area contributed by atoms with Gasteiger partial charge >= 0.3 is 6.09 Å². The number of carbonyl (C=O) groups is 2. The van der Waals surface area contributed by atoms with Crippen LogP contribution < -0.4 is 5.32 Å². The molecule has 138 valence electrons. The van der Waals surface area contributed by atoms with E-state index in [0.29, 0.717) is 26.2 Å². The highest BCUT2D eigenvalue weighted by Crippen LogP contribution is 2.16. The summed E-state index contributed by atoms with van der Waals surface area (Å²) in [4.78, 5) is 28.3. The number of carbonyl (C=O) groups excluding carboxylic acids is 2. The van der Waals surface area contributed by atoms with Gasteiger partial charge in [0.15, 0.2) is 0 Å². The van der Waals surface area contributed by atoms with Crippen molar-refractivity contribution in [3.8, 4) is 0 Å². The Hall–Kier alpha value is -1.35. The first-order chi connectivity index (χ1) is 11.6. The van der Waals surface area contributed by atoms with E-state index in [1.165, 1.54) is 0 Å². The molecule has 1 fully saturated rings. The van der Waals surface area contributed by atoms with Crippen LogP contribution in [-0.4, -0.2) is 59.6 Å². The summed E-state index contributed by atoms with van der Waals surface area (Å²) in [7, 11) is 0. The van der Waals surface area contributed by atoms with Crippen LogP contribution in [0.1, 0.15) is 27.7 Å². The second kappa shape index (κ2) is 8.35. The van der Waals surface area contributed by atoms with Crippen molar-refractivity contribution in [2.24, 2.45) is 0 Å². The number of anilines is 1. The molecule has 2 amide bonds. The van der Waals surface area contributed by atoms with E-state index >= 15 is 0 Å². The fourth-order valence-electron chi connectivity index (χ4n) is 2.74. The lowest BCUT2D eigenvalue weighted by molar-refractivity contribution is -0.117. The third-order valence-corrected chi connectivity index (χ3v) is 4.49. The molecular weight excluding hydrogens is 433 g/mol. The smallest absolute Gasteiger partial charge is 0.410 e. The lowest BCUT2D eigenvalue weighted by atomic mass is 10.2. The molecule has 1 saturated heterocycles. The van der Waals surface area contributed by atoms with Gasteiger partial charge in [-0.2, -0.15) is 0 Å². The summed E-state index contributed by atoms with van der Waals surface area (Å²) in [5, 5.41) is 2.92. The monoisotopic (exact) mass is 459 g/mol. The van der Waals surface area contributed by atoms with Crippen molar-refractivity contribution in [1.29, 1.82) is 0 Å². The van der Waals surface area contributed by atoms with Crippen LogP contribution in [0.25, 0.3) is 0 Å². The standard InChI is InChI=1S/C18H26IN3O3/c1-13-11-21(8-9-22(13)17(24)25-18(2,3)4)12-16(23)20-15-7-5-6-14(19)10-15/h5-7,10,13H,8-9,11-12H2,1-4H3,(H,20,23)/t13-/m1/s1. The van der Waals surface area contributed by atoms with E-state index in [9.17, 15) is 9.59 Å². The summed E-state index contributed by atoms with van der Waals surface area (Å²) in [6, 6.07) is 7.71. The minimum Gasteiger partial charge on any atom is -0.444 e. The normalized spacial score (nSPS) is 18.8. The van der Waals surface area contributed by atoms with Gasteiger partial charge in [0.2, 0.25) is 5.91 Å². The molecule has 1 aliphatic heterocycles. The highest BCUT2D eigenvalue weighted by molar-refractivity contribution is 14.1. The predicted octanol–water partition coefficient (Wildman–Crippen LogP) is 3.17. The van der Waals surface area contributed by atoms with Crippen molar-refractivity contribution in [3.05, 3.63) is 27.8 Å². The molecule has 25 heavy (non-hydrogen) atoms. The maximum atomic E-state index is 12.2. The molecule has 1 aliphatic rings. The molecule has 2 rings (SSSR count). The summed E-state index contributed by atoms with van der Waals surface area (Å²) < 4.78 is 6.52. The van der Waals surface area contributed by atoms with Crippen molar-refractivity contribution in [1.82, 2.24) is 9.80 Å². The average Bonchev–Trinajstić information content (AvgIpc) is 2.45. The van der Waals surface area contributed by atoms with Crippen LogP contribution in [0.3, 0.4) is 0 Å². The van der Waals surface area contributed by atoms with E-state index in [0.717, 1.165) is 9.26 Å². The Balaban J connectivity index is 1.84. The van der Waals surface area contributed by atoms with Crippen LogP contribution >= 0.6 is 22.6 Å². The summed E-state index contributed by atoms with van der Waals surface area (Å²) in [6.07, 6.45) is -0.289. The Labute approximate surface area is 163 Å². The fraction of sp³-hybridized carbons (Fsp3) is 0.556. The summed E-state index contributed by atoms with van der Waals surface area (Å²) in [6.45, 7) is 9.75. The van der Waals surface area contributed by atoms with E-state index in [1.807, 2.05) is 52.0 Å². The summed E-state index contributed by atoms with van der Waals surface area (Å²) in [5.74, 6) is -0.0417. The molecule has 1 atom stereocenters. The van der Waals surface area contributed by atoms with E-state index in [2.05, 4.69) is 32.8 Å².